The summed E-state index contributed by atoms with van der Waals surface area (Å²) in [6.07, 6.45) is 3.68. The average Bonchev–Trinajstić information content (AvgIpc) is 3.52. The van der Waals surface area contributed by atoms with Gasteiger partial charge in [-0.1, -0.05) is 56.3 Å². The monoisotopic (exact) mass is 394 g/mol. The zero-order valence-electron chi connectivity index (χ0n) is 16.3. The molecule has 1 heterocycles. The van der Waals surface area contributed by atoms with Crippen LogP contribution in [0.3, 0.4) is 0 Å². The van der Waals surface area contributed by atoms with E-state index in [0.29, 0.717) is 24.0 Å². The summed E-state index contributed by atoms with van der Waals surface area (Å²) in [4.78, 5) is 35.2. The van der Waals surface area contributed by atoms with Crippen molar-refractivity contribution >= 4 is 24.3 Å². The lowest BCUT2D eigenvalue weighted by molar-refractivity contribution is -0.140. The second kappa shape index (κ2) is 8.84. The molecule has 150 valence electrons. The Labute approximate surface area is 169 Å². The lowest BCUT2D eigenvalue weighted by Crippen LogP contribution is -2.23. The Morgan fingerprint density at radius 2 is 1.86 bits per heavy atom. The molecule has 2 aromatic carbocycles. The minimum absolute atomic E-state index is 0.0301. The van der Waals surface area contributed by atoms with E-state index in [2.05, 4.69) is 0 Å². The molecule has 29 heavy (non-hydrogen) atoms. The maximum atomic E-state index is 12.1. The molecule has 0 radical (unpaired) electrons. The summed E-state index contributed by atoms with van der Waals surface area (Å²) in [5, 5.41) is 0. The first-order chi connectivity index (χ1) is 13.9. The van der Waals surface area contributed by atoms with Crippen LogP contribution in [0.25, 0.3) is 6.08 Å². The summed E-state index contributed by atoms with van der Waals surface area (Å²) in [6, 6.07) is 14.1. The van der Waals surface area contributed by atoms with Gasteiger partial charge in [0.05, 0.1) is 12.5 Å². The van der Waals surface area contributed by atoms with Gasteiger partial charge in [-0.3, -0.25) is 9.59 Å². The van der Waals surface area contributed by atoms with Crippen molar-refractivity contribution in [3.05, 3.63) is 71.3 Å². The largest absolute Gasteiger partial charge is 0.459 e. The second-order valence-electron chi connectivity index (χ2n) is 7.08. The van der Waals surface area contributed by atoms with E-state index in [1.807, 2.05) is 30.3 Å². The van der Waals surface area contributed by atoms with Crippen LogP contribution in [-0.2, 0) is 24.7 Å². The van der Waals surface area contributed by atoms with Crippen LogP contribution in [0.2, 0.25) is 0 Å². The standard InChI is InChI=1S/C23H22O6/c1-16(2)22(26)29-20-12-18(13-24)8-10-19(20)23(15-28-23)14-27-21(25)11-9-17-6-4-3-5-7-17/h3-13,16H,14-15H2,1-2H3. The topological polar surface area (TPSA) is 82.2 Å². The first-order valence-corrected chi connectivity index (χ1v) is 9.29. The quantitative estimate of drug-likeness (QED) is 0.224. The van der Waals surface area contributed by atoms with Gasteiger partial charge in [0.1, 0.15) is 18.6 Å². The van der Waals surface area contributed by atoms with Crippen molar-refractivity contribution in [3.63, 3.8) is 0 Å². The molecule has 1 fully saturated rings. The van der Waals surface area contributed by atoms with Crippen molar-refractivity contribution < 1.29 is 28.6 Å². The smallest absolute Gasteiger partial charge is 0.330 e. The van der Waals surface area contributed by atoms with Gasteiger partial charge in [0.2, 0.25) is 0 Å². The number of epoxide rings is 1. The molecule has 6 heteroatoms. The normalized spacial score (nSPS) is 17.9. The fourth-order valence-corrected chi connectivity index (χ4v) is 2.67. The molecule has 1 atom stereocenters. The van der Waals surface area contributed by atoms with Crippen LogP contribution in [0.1, 0.15) is 35.3 Å². The number of hydrogen-bond acceptors (Lipinski definition) is 6. The molecule has 1 aliphatic rings. The van der Waals surface area contributed by atoms with E-state index < -0.39 is 17.5 Å². The van der Waals surface area contributed by atoms with E-state index in [1.165, 1.54) is 12.1 Å². The molecule has 3 rings (SSSR count). The number of ether oxygens (including phenoxy) is 3. The third kappa shape index (κ3) is 5.18. The highest BCUT2D eigenvalue weighted by Crippen LogP contribution is 2.44. The van der Waals surface area contributed by atoms with Gasteiger partial charge < -0.3 is 14.2 Å². The molecule has 1 saturated heterocycles. The summed E-state index contributed by atoms with van der Waals surface area (Å²) in [7, 11) is 0. The number of esters is 2. The lowest BCUT2D eigenvalue weighted by atomic mass is 9.98. The van der Waals surface area contributed by atoms with E-state index in [-0.39, 0.29) is 18.3 Å². The van der Waals surface area contributed by atoms with Gasteiger partial charge in [0, 0.05) is 17.2 Å². The van der Waals surface area contributed by atoms with Crippen LogP contribution < -0.4 is 4.74 Å². The Balaban J connectivity index is 1.72. The van der Waals surface area contributed by atoms with Crippen molar-refractivity contribution in [2.24, 2.45) is 5.92 Å². The summed E-state index contributed by atoms with van der Waals surface area (Å²) < 4.78 is 16.4. The van der Waals surface area contributed by atoms with E-state index in [9.17, 15) is 14.4 Å². The SMILES string of the molecule is CC(C)C(=O)Oc1cc(C=O)ccc1C1(COC(=O)C=Cc2ccccc2)CO1. The van der Waals surface area contributed by atoms with Crippen LogP contribution >= 0.6 is 0 Å². The van der Waals surface area contributed by atoms with Crippen molar-refractivity contribution in [1.29, 1.82) is 0 Å². The van der Waals surface area contributed by atoms with E-state index in [4.69, 9.17) is 14.2 Å². The minimum Gasteiger partial charge on any atom is -0.459 e. The number of benzene rings is 2. The number of carbonyl (C=O) groups excluding carboxylic acids is 3. The zero-order chi connectivity index (χ0) is 20.9. The van der Waals surface area contributed by atoms with Crippen LogP contribution in [0.15, 0.2) is 54.6 Å². The fourth-order valence-electron chi connectivity index (χ4n) is 2.67. The fraction of sp³-hybridized carbons (Fsp3) is 0.261. The van der Waals surface area contributed by atoms with Crippen molar-refractivity contribution in [3.8, 4) is 5.75 Å². The number of hydrogen-bond donors (Lipinski definition) is 0. The predicted octanol–water partition coefficient (Wildman–Crippen LogP) is 3.54. The third-order valence-electron chi connectivity index (χ3n) is 4.47. The van der Waals surface area contributed by atoms with Crippen LogP contribution in [-0.4, -0.2) is 31.4 Å². The van der Waals surface area contributed by atoms with Crippen LogP contribution in [0.4, 0.5) is 0 Å². The lowest BCUT2D eigenvalue weighted by Gasteiger charge is -2.17. The van der Waals surface area contributed by atoms with Crippen molar-refractivity contribution in [1.82, 2.24) is 0 Å². The Hall–Kier alpha value is -3.25. The second-order valence-corrected chi connectivity index (χ2v) is 7.08. The highest BCUT2D eigenvalue weighted by molar-refractivity contribution is 5.87. The molecule has 0 spiro atoms. The summed E-state index contributed by atoms with van der Waals surface area (Å²) in [6.45, 7) is 3.72. The molecule has 1 unspecified atom stereocenters. The highest BCUT2D eigenvalue weighted by Gasteiger charge is 2.50. The molecule has 0 amide bonds. The van der Waals surface area contributed by atoms with Gasteiger partial charge >= 0.3 is 11.9 Å². The maximum Gasteiger partial charge on any atom is 0.330 e. The van der Waals surface area contributed by atoms with Gasteiger partial charge in [-0.05, 0) is 17.7 Å². The number of carbonyl (C=O) groups is 3. The van der Waals surface area contributed by atoms with Gasteiger partial charge in [0.25, 0.3) is 0 Å². The predicted molar refractivity (Wildman–Crippen MR) is 106 cm³/mol. The Morgan fingerprint density at radius 3 is 2.48 bits per heavy atom. The summed E-state index contributed by atoms with van der Waals surface area (Å²) in [5.41, 5.74) is 0.939. The first-order valence-electron chi connectivity index (χ1n) is 9.29. The van der Waals surface area contributed by atoms with Crippen LogP contribution in [0.5, 0.6) is 5.75 Å². The number of aldehydes is 1. The van der Waals surface area contributed by atoms with E-state index in [0.717, 1.165) is 5.56 Å². The Bertz CT molecular complexity index is 926. The van der Waals surface area contributed by atoms with Crippen molar-refractivity contribution in [2.45, 2.75) is 19.4 Å². The molecule has 0 bridgehead atoms. The van der Waals surface area contributed by atoms with Gasteiger partial charge in [-0.15, -0.1) is 0 Å². The molecule has 6 nitrogen and oxygen atoms in total. The molecular formula is C23H22O6. The van der Waals surface area contributed by atoms with Crippen LogP contribution in [0, 0.1) is 5.92 Å². The van der Waals surface area contributed by atoms with Gasteiger partial charge in [-0.2, -0.15) is 0 Å². The molecule has 0 saturated carbocycles. The highest BCUT2D eigenvalue weighted by atomic mass is 16.6. The molecule has 1 aliphatic heterocycles. The molecular weight excluding hydrogens is 372 g/mol. The van der Waals surface area contributed by atoms with E-state index >= 15 is 0 Å². The molecule has 0 aromatic heterocycles. The average molecular weight is 394 g/mol. The van der Waals surface area contributed by atoms with Crippen molar-refractivity contribution in [2.75, 3.05) is 13.2 Å². The molecule has 0 N–H and O–H groups in total. The summed E-state index contributed by atoms with van der Waals surface area (Å²) >= 11 is 0. The number of rotatable bonds is 8. The Kier molecular flexibility index (Phi) is 6.24. The van der Waals surface area contributed by atoms with Gasteiger partial charge in [0.15, 0.2) is 5.60 Å². The first kappa shape index (κ1) is 20.5. The third-order valence-corrected chi connectivity index (χ3v) is 4.47. The molecule has 0 aliphatic carbocycles. The minimum atomic E-state index is -0.885. The van der Waals surface area contributed by atoms with E-state index in [1.54, 1.807) is 32.1 Å². The Morgan fingerprint density at radius 1 is 1.14 bits per heavy atom. The summed E-state index contributed by atoms with van der Waals surface area (Å²) in [5.74, 6) is -1.02. The zero-order valence-corrected chi connectivity index (χ0v) is 16.3. The van der Waals surface area contributed by atoms with Gasteiger partial charge in [-0.25, -0.2) is 4.79 Å². The maximum absolute atomic E-state index is 12.1. The molecule has 2 aromatic rings.